The molecule has 0 spiro atoms. The van der Waals surface area contributed by atoms with Gasteiger partial charge in [-0.05, 0) is 21.0 Å². The van der Waals surface area contributed by atoms with Crippen molar-refractivity contribution in [1.82, 2.24) is 14.7 Å². The van der Waals surface area contributed by atoms with Gasteiger partial charge in [0.25, 0.3) is 0 Å². The molecule has 0 saturated carbocycles. The van der Waals surface area contributed by atoms with E-state index in [1.807, 2.05) is 14.1 Å². The minimum Gasteiger partial charge on any atom is -0.459 e. The molecular formula is C12H23N3O3. The summed E-state index contributed by atoms with van der Waals surface area (Å²) in [5.74, 6) is -1.25. The highest BCUT2D eigenvalue weighted by Gasteiger charge is 2.26. The highest BCUT2D eigenvalue weighted by molar-refractivity contribution is 6.32. The van der Waals surface area contributed by atoms with Crippen LogP contribution in [-0.2, 0) is 14.3 Å². The summed E-state index contributed by atoms with van der Waals surface area (Å²) in [5, 5.41) is 0. The van der Waals surface area contributed by atoms with Crippen LogP contribution in [0.15, 0.2) is 0 Å². The van der Waals surface area contributed by atoms with E-state index in [1.54, 1.807) is 11.8 Å². The third-order valence-corrected chi connectivity index (χ3v) is 2.97. The molecule has 1 aliphatic heterocycles. The first kappa shape index (κ1) is 14.9. The van der Waals surface area contributed by atoms with Crippen molar-refractivity contribution in [2.24, 2.45) is 0 Å². The molecule has 0 atom stereocenters. The van der Waals surface area contributed by atoms with Crippen LogP contribution in [0.5, 0.6) is 0 Å². The minimum atomic E-state index is -0.737. The molecule has 104 valence electrons. The number of hydrogen-bond donors (Lipinski definition) is 0. The average molecular weight is 257 g/mol. The van der Waals surface area contributed by atoms with Gasteiger partial charge in [-0.2, -0.15) is 0 Å². The Morgan fingerprint density at radius 3 is 2.28 bits per heavy atom. The summed E-state index contributed by atoms with van der Waals surface area (Å²) in [6.07, 6.45) is 0. The van der Waals surface area contributed by atoms with Crippen LogP contribution in [-0.4, -0.2) is 86.5 Å². The van der Waals surface area contributed by atoms with Gasteiger partial charge in [0.15, 0.2) is 0 Å². The van der Waals surface area contributed by atoms with Crippen LogP contribution < -0.4 is 0 Å². The first-order valence-corrected chi connectivity index (χ1v) is 6.37. The maximum absolute atomic E-state index is 11.7. The largest absolute Gasteiger partial charge is 0.459 e. The van der Waals surface area contributed by atoms with E-state index in [-0.39, 0.29) is 6.61 Å². The quantitative estimate of drug-likeness (QED) is 0.490. The van der Waals surface area contributed by atoms with E-state index in [0.717, 1.165) is 26.2 Å². The van der Waals surface area contributed by atoms with E-state index in [9.17, 15) is 9.59 Å². The molecule has 0 aromatic carbocycles. The second-order valence-electron chi connectivity index (χ2n) is 4.66. The fraction of sp³-hybridized carbons (Fsp3) is 0.833. The SMILES string of the molecule is CCOC(=O)C(=O)N1CCN(CCN(C)C)CC1. The van der Waals surface area contributed by atoms with Crippen molar-refractivity contribution in [3.63, 3.8) is 0 Å². The average Bonchev–Trinajstić information content (AvgIpc) is 2.36. The van der Waals surface area contributed by atoms with Crippen LogP contribution in [0.2, 0.25) is 0 Å². The van der Waals surface area contributed by atoms with Crippen LogP contribution >= 0.6 is 0 Å². The van der Waals surface area contributed by atoms with Crippen molar-refractivity contribution in [2.45, 2.75) is 6.92 Å². The lowest BCUT2D eigenvalue weighted by atomic mass is 10.3. The summed E-state index contributed by atoms with van der Waals surface area (Å²) in [4.78, 5) is 29.0. The molecule has 0 radical (unpaired) electrons. The zero-order chi connectivity index (χ0) is 13.5. The molecule has 0 aromatic rings. The molecule has 1 heterocycles. The number of likely N-dealkylation sites (N-methyl/N-ethyl adjacent to an activating group) is 1. The predicted molar refractivity (Wildman–Crippen MR) is 68.2 cm³/mol. The van der Waals surface area contributed by atoms with Gasteiger partial charge in [-0.3, -0.25) is 9.69 Å². The van der Waals surface area contributed by atoms with E-state index in [4.69, 9.17) is 4.74 Å². The molecule has 6 heteroatoms. The van der Waals surface area contributed by atoms with Gasteiger partial charge >= 0.3 is 11.9 Å². The number of carbonyl (C=O) groups is 2. The van der Waals surface area contributed by atoms with Crippen LogP contribution in [0.1, 0.15) is 6.92 Å². The molecular weight excluding hydrogens is 234 g/mol. The number of nitrogens with zero attached hydrogens (tertiary/aromatic N) is 3. The number of piperazine rings is 1. The summed E-state index contributed by atoms with van der Waals surface area (Å²) < 4.78 is 4.71. The zero-order valence-corrected chi connectivity index (χ0v) is 11.5. The van der Waals surface area contributed by atoms with Crippen molar-refractivity contribution in [3.8, 4) is 0 Å². The number of carbonyl (C=O) groups excluding carboxylic acids is 2. The molecule has 0 aliphatic carbocycles. The molecule has 1 aliphatic rings. The Balaban J connectivity index is 2.30. The van der Waals surface area contributed by atoms with Gasteiger partial charge in [0, 0.05) is 39.3 Å². The van der Waals surface area contributed by atoms with Crippen LogP contribution in [0.3, 0.4) is 0 Å². The smallest absolute Gasteiger partial charge is 0.397 e. The number of amides is 1. The van der Waals surface area contributed by atoms with Gasteiger partial charge in [0.05, 0.1) is 6.61 Å². The molecule has 1 saturated heterocycles. The second-order valence-corrected chi connectivity index (χ2v) is 4.66. The minimum absolute atomic E-state index is 0.243. The molecule has 1 fully saturated rings. The summed E-state index contributed by atoms with van der Waals surface area (Å²) in [5.41, 5.74) is 0. The van der Waals surface area contributed by atoms with Crippen molar-refractivity contribution >= 4 is 11.9 Å². The lowest BCUT2D eigenvalue weighted by Crippen LogP contribution is -2.51. The zero-order valence-electron chi connectivity index (χ0n) is 11.5. The first-order valence-electron chi connectivity index (χ1n) is 6.37. The molecule has 1 amide bonds. The molecule has 0 N–H and O–H groups in total. The summed E-state index contributed by atoms with van der Waals surface area (Å²) in [6.45, 7) is 6.78. The van der Waals surface area contributed by atoms with E-state index in [0.29, 0.717) is 13.1 Å². The Morgan fingerprint density at radius 2 is 1.78 bits per heavy atom. The van der Waals surface area contributed by atoms with Gasteiger partial charge in [0.1, 0.15) is 0 Å². The molecule has 0 unspecified atom stereocenters. The lowest BCUT2D eigenvalue weighted by Gasteiger charge is -2.34. The second kappa shape index (κ2) is 7.33. The molecule has 18 heavy (non-hydrogen) atoms. The molecule has 1 rings (SSSR count). The standard InChI is InChI=1S/C12H23N3O3/c1-4-18-12(17)11(16)15-9-7-14(8-10-15)6-5-13(2)3/h4-10H2,1-3H3. The Morgan fingerprint density at radius 1 is 1.17 bits per heavy atom. The number of rotatable bonds is 4. The highest BCUT2D eigenvalue weighted by Crippen LogP contribution is 2.03. The van der Waals surface area contributed by atoms with Crippen molar-refractivity contribution < 1.29 is 14.3 Å². The van der Waals surface area contributed by atoms with Crippen molar-refractivity contribution in [1.29, 1.82) is 0 Å². The maximum Gasteiger partial charge on any atom is 0.397 e. The Hall–Kier alpha value is -1.14. The molecule has 0 aromatic heterocycles. The Labute approximate surface area is 108 Å². The lowest BCUT2D eigenvalue weighted by molar-refractivity contribution is -0.160. The monoisotopic (exact) mass is 257 g/mol. The molecule has 6 nitrogen and oxygen atoms in total. The third kappa shape index (κ3) is 4.62. The first-order chi connectivity index (χ1) is 8.54. The van der Waals surface area contributed by atoms with E-state index < -0.39 is 11.9 Å². The fourth-order valence-corrected chi connectivity index (χ4v) is 1.84. The normalized spacial score (nSPS) is 17.0. The van der Waals surface area contributed by atoms with Gasteiger partial charge < -0.3 is 14.5 Å². The summed E-state index contributed by atoms with van der Waals surface area (Å²) >= 11 is 0. The van der Waals surface area contributed by atoms with Crippen molar-refractivity contribution in [2.75, 3.05) is 60.0 Å². The number of ether oxygens (including phenoxy) is 1. The number of hydrogen-bond acceptors (Lipinski definition) is 5. The van der Waals surface area contributed by atoms with E-state index >= 15 is 0 Å². The van der Waals surface area contributed by atoms with Gasteiger partial charge in [-0.25, -0.2) is 4.79 Å². The maximum atomic E-state index is 11.7. The summed E-state index contributed by atoms with van der Waals surface area (Å²) in [7, 11) is 4.08. The predicted octanol–water partition coefficient (Wildman–Crippen LogP) is -0.745. The topological polar surface area (TPSA) is 53.1 Å². The van der Waals surface area contributed by atoms with Gasteiger partial charge in [0.2, 0.25) is 0 Å². The van der Waals surface area contributed by atoms with Crippen LogP contribution in [0.25, 0.3) is 0 Å². The van der Waals surface area contributed by atoms with Gasteiger partial charge in [-0.15, -0.1) is 0 Å². The molecule has 0 bridgehead atoms. The Bertz CT molecular complexity index is 286. The van der Waals surface area contributed by atoms with Gasteiger partial charge in [-0.1, -0.05) is 0 Å². The number of esters is 1. The highest BCUT2D eigenvalue weighted by atomic mass is 16.5. The van der Waals surface area contributed by atoms with Crippen molar-refractivity contribution in [3.05, 3.63) is 0 Å². The van der Waals surface area contributed by atoms with E-state index in [1.165, 1.54) is 0 Å². The summed E-state index contributed by atoms with van der Waals surface area (Å²) in [6, 6.07) is 0. The Kier molecular flexibility index (Phi) is 6.07. The van der Waals surface area contributed by atoms with Crippen LogP contribution in [0, 0.1) is 0 Å². The third-order valence-electron chi connectivity index (χ3n) is 2.97. The fourth-order valence-electron chi connectivity index (χ4n) is 1.84. The van der Waals surface area contributed by atoms with Crippen LogP contribution in [0.4, 0.5) is 0 Å². The van der Waals surface area contributed by atoms with E-state index in [2.05, 4.69) is 9.80 Å².